The monoisotopic (exact) mass is 838 g/mol. The highest BCUT2D eigenvalue weighted by Crippen LogP contribution is 2.43. The van der Waals surface area contributed by atoms with Crippen LogP contribution in [0.4, 0.5) is 0 Å². The van der Waals surface area contributed by atoms with Crippen molar-refractivity contribution in [2.45, 2.75) is 0 Å². The average molecular weight is 839 g/mol. The van der Waals surface area contributed by atoms with Gasteiger partial charge < -0.3 is 0 Å². The highest BCUT2D eigenvalue weighted by molar-refractivity contribution is 6.01. The maximum absolute atomic E-state index is 5.42. The van der Waals surface area contributed by atoms with Crippen LogP contribution in [-0.2, 0) is 0 Å². The van der Waals surface area contributed by atoms with Gasteiger partial charge >= 0.3 is 0 Å². The van der Waals surface area contributed by atoms with Crippen LogP contribution >= 0.6 is 0 Å². The van der Waals surface area contributed by atoms with Crippen LogP contribution in [-0.4, -0.2) is 19.9 Å². The second kappa shape index (κ2) is 15.4. The topological polar surface area (TPSA) is 51.6 Å². The Morgan fingerprint density at radius 3 is 0.879 bits per heavy atom. The summed E-state index contributed by atoms with van der Waals surface area (Å²) in [6.07, 6.45) is 0. The Morgan fingerprint density at radius 1 is 0.182 bits per heavy atom. The molecule has 0 fully saturated rings. The van der Waals surface area contributed by atoms with Crippen molar-refractivity contribution in [1.29, 1.82) is 0 Å². The van der Waals surface area contributed by atoms with E-state index in [1.165, 1.54) is 21.9 Å². The zero-order valence-corrected chi connectivity index (χ0v) is 35.7. The average Bonchev–Trinajstić information content (AvgIpc) is 3.39. The first-order valence-corrected chi connectivity index (χ1v) is 22.3. The summed E-state index contributed by atoms with van der Waals surface area (Å²) >= 11 is 0. The van der Waals surface area contributed by atoms with Crippen molar-refractivity contribution in [3.63, 3.8) is 0 Å². The number of hydrogen-bond donors (Lipinski definition) is 0. The molecule has 0 unspecified atom stereocenters. The van der Waals surface area contributed by atoms with E-state index in [2.05, 4.69) is 231 Å². The molecule has 13 rings (SSSR count). The van der Waals surface area contributed by atoms with Crippen molar-refractivity contribution in [3.8, 4) is 67.3 Å². The lowest BCUT2D eigenvalue weighted by molar-refractivity contribution is 1.34. The SMILES string of the molecule is c1ccc(-c2ccc3nc(-c4cc(-c5ccc6cc(-c7ccccc7)ccc6n5)c(-c5ccc6cc7ccccc7cc6n5)cc4-c4ccc5cc6ccccc6cc5n4)ccc3c2)cc1. The zero-order valence-electron chi connectivity index (χ0n) is 35.7. The van der Waals surface area contributed by atoms with Gasteiger partial charge in [-0.15, -0.1) is 0 Å². The summed E-state index contributed by atoms with van der Waals surface area (Å²) in [7, 11) is 0. The number of rotatable bonds is 6. The van der Waals surface area contributed by atoms with E-state index in [-0.39, 0.29) is 0 Å². The highest BCUT2D eigenvalue weighted by Gasteiger charge is 2.21. The van der Waals surface area contributed by atoms with Gasteiger partial charge in [-0.3, -0.25) is 0 Å². The van der Waals surface area contributed by atoms with Crippen LogP contribution < -0.4 is 0 Å². The summed E-state index contributed by atoms with van der Waals surface area (Å²) < 4.78 is 0. The molecule has 0 amide bonds. The molecule has 66 heavy (non-hydrogen) atoms. The van der Waals surface area contributed by atoms with Gasteiger partial charge in [0.05, 0.1) is 44.8 Å². The van der Waals surface area contributed by atoms with Crippen molar-refractivity contribution in [2.75, 3.05) is 0 Å². The third-order valence-electron chi connectivity index (χ3n) is 13.0. The molecule has 9 aromatic carbocycles. The molecule has 0 aliphatic carbocycles. The van der Waals surface area contributed by atoms with Gasteiger partial charge in [0.25, 0.3) is 0 Å². The molecular formula is C62H38N4. The van der Waals surface area contributed by atoms with E-state index >= 15 is 0 Å². The van der Waals surface area contributed by atoms with E-state index in [4.69, 9.17) is 19.9 Å². The minimum absolute atomic E-state index is 0.851. The molecule has 0 atom stereocenters. The number of hydrogen-bond acceptors (Lipinski definition) is 4. The van der Waals surface area contributed by atoms with Crippen LogP contribution in [0.3, 0.4) is 0 Å². The van der Waals surface area contributed by atoms with Crippen molar-refractivity contribution in [1.82, 2.24) is 19.9 Å². The van der Waals surface area contributed by atoms with Crippen molar-refractivity contribution in [2.24, 2.45) is 0 Å². The molecule has 0 saturated heterocycles. The maximum atomic E-state index is 5.42. The summed E-state index contributed by atoms with van der Waals surface area (Å²) in [5.74, 6) is 0. The Morgan fingerprint density at radius 2 is 0.500 bits per heavy atom. The molecule has 0 bridgehead atoms. The van der Waals surface area contributed by atoms with E-state index in [0.29, 0.717) is 0 Å². The Labute approximate surface area is 381 Å². The van der Waals surface area contributed by atoms with Gasteiger partial charge in [0, 0.05) is 43.8 Å². The van der Waals surface area contributed by atoms with Gasteiger partial charge in [-0.1, -0.05) is 146 Å². The molecule has 306 valence electrons. The van der Waals surface area contributed by atoms with Crippen LogP contribution in [0.2, 0.25) is 0 Å². The fraction of sp³-hybridized carbons (Fsp3) is 0. The first-order valence-electron chi connectivity index (χ1n) is 22.3. The lowest BCUT2D eigenvalue weighted by Crippen LogP contribution is -1.98. The first kappa shape index (κ1) is 37.7. The van der Waals surface area contributed by atoms with E-state index in [1.807, 2.05) is 0 Å². The maximum Gasteiger partial charge on any atom is 0.0716 e. The van der Waals surface area contributed by atoms with E-state index in [0.717, 1.165) is 111 Å². The summed E-state index contributed by atoms with van der Waals surface area (Å²) in [4.78, 5) is 21.6. The summed E-state index contributed by atoms with van der Waals surface area (Å²) in [5.41, 5.74) is 15.6. The minimum Gasteiger partial charge on any atom is -0.248 e. The van der Waals surface area contributed by atoms with Crippen molar-refractivity contribution in [3.05, 3.63) is 231 Å². The molecule has 0 aliphatic rings. The molecule has 4 heterocycles. The van der Waals surface area contributed by atoms with Gasteiger partial charge in [-0.25, -0.2) is 19.9 Å². The molecule has 0 spiro atoms. The standard InChI is InChI=1S/C62H38N4/c1-3-11-39(12-4-1)45-19-25-55-47(33-45)21-27-57(63-55)51-37-52(58-28-22-48-34-46(20-26-56(48)64-58)40-13-5-2-6-14-40)54(60-30-24-50-32-42-16-8-10-18-44(42)36-62(50)66-60)38-53(51)59-29-23-49-31-41-15-7-9-17-43(41)35-61(49)65-59/h1-38H. The molecule has 4 heteroatoms. The summed E-state index contributed by atoms with van der Waals surface area (Å²) in [5, 5.41) is 9.03. The van der Waals surface area contributed by atoms with E-state index in [9.17, 15) is 0 Å². The third-order valence-corrected chi connectivity index (χ3v) is 13.0. The molecule has 0 saturated carbocycles. The first-order chi connectivity index (χ1) is 32.6. The predicted molar refractivity (Wildman–Crippen MR) is 275 cm³/mol. The van der Waals surface area contributed by atoms with Gasteiger partial charge in [0.15, 0.2) is 0 Å². The smallest absolute Gasteiger partial charge is 0.0716 e. The Bertz CT molecular complexity index is 3790. The third kappa shape index (κ3) is 6.72. The number of nitrogens with zero attached hydrogens (tertiary/aromatic N) is 4. The fourth-order valence-corrected chi connectivity index (χ4v) is 9.54. The number of pyridine rings is 4. The highest BCUT2D eigenvalue weighted by atomic mass is 14.7. The quantitative estimate of drug-likeness (QED) is 0.157. The van der Waals surface area contributed by atoms with E-state index in [1.54, 1.807) is 0 Å². The van der Waals surface area contributed by atoms with Crippen LogP contribution in [0.25, 0.3) is 132 Å². The predicted octanol–water partition coefficient (Wildman–Crippen LogP) is 16.2. The molecule has 0 N–H and O–H groups in total. The second-order valence-electron chi connectivity index (χ2n) is 17.1. The lowest BCUT2D eigenvalue weighted by atomic mass is 9.90. The number of benzene rings is 9. The minimum atomic E-state index is 0.851. The molecular weight excluding hydrogens is 801 g/mol. The van der Waals surface area contributed by atoms with Crippen LogP contribution in [0.5, 0.6) is 0 Å². The van der Waals surface area contributed by atoms with Gasteiger partial charge in [0.1, 0.15) is 0 Å². The van der Waals surface area contributed by atoms with Crippen LogP contribution in [0, 0.1) is 0 Å². The molecule has 13 aromatic rings. The van der Waals surface area contributed by atoms with Crippen molar-refractivity contribution >= 4 is 65.2 Å². The van der Waals surface area contributed by atoms with Gasteiger partial charge in [-0.2, -0.15) is 0 Å². The van der Waals surface area contributed by atoms with Crippen LogP contribution in [0.15, 0.2) is 231 Å². The Hall–Kier alpha value is -8.86. The number of fused-ring (bicyclic) bond motifs is 6. The largest absolute Gasteiger partial charge is 0.248 e. The van der Waals surface area contributed by atoms with Crippen LogP contribution in [0.1, 0.15) is 0 Å². The second-order valence-corrected chi connectivity index (χ2v) is 17.1. The molecule has 4 aromatic heterocycles. The van der Waals surface area contributed by atoms with E-state index < -0.39 is 0 Å². The summed E-state index contributed by atoms with van der Waals surface area (Å²) in [6.45, 7) is 0. The van der Waals surface area contributed by atoms with Crippen molar-refractivity contribution < 1.29 is 0 Å². The van der Waals surface area contributed by atoms with Gasteiger partial charge in [0.2, 0.25) is 0 Å². The molecule has 4 nitrogen and oxygen atoms in total. The number of aromatic nitrogens is 4. The fourth-order valence-electron chi connectivity index (χ4n) is 9.54. The summed E-state index contributed by atoms with van der Waals surface area (Å²) in [6, 6.07) is 81.7. The Kier molecular flexibility index (Phi) is 8.81. The Balaban J connectivity index is 1.05. The lowest BCUT2D eigenvalue weighted by Gasteiger charge is -2.18. The molecule has 0 radical (unpaired) electrons. The zero-order chi connectivity index (χ0) is 43.6. The molecule has 0 aliphatic heterocycles. The normalized spacial score (nSPS) is 11.6. The van der Waals surface area contributed by atoms with Gasteiger partial charge in [-0.05, 0) is 129 Å².